The summed E-state index contributed by atoms with van der Waals surface area (Å²) in [6, 6.07) is 15.2. The zero-order valence-electron chi connectivity index (χ0n) is 11.6. The van der Waals surface area contributed by atoms with Crippen LogP contribution in [0.2, 0.25) is 0 Å². The quantitative estimate of drug-likeness (QED) is 0.763. The van der Waals surface area contributed by atoms with E-state index in [1.54, 1.807) is 0 Å². The van der Waals surface area contributed by atoms with Crippen molar-refractivity contribution in [2.75, 3.05) is 0 Å². The standard InChI is InChI=1S/C19H18O/c20-17-10-16-9-14-7-4-8-15(14)11-18(16)19(12-17)13-5-2-1-3-6-13/h1-3,5-6,9,11,19H,4,7-8,10,12H2. The van der Waals surface area contributed by atoms with Gasteiger partial charge in [-0.3, -0.25) is 4.79 Å². The fraction of sp³-hybridized carbons (Fsp3) is 0.316. The molecule has 1 nitrogen and oxygen atoms in total. The molecule has 2 aliphatic carbocycles. The van der Waals surface area contributed by atoms with Gasteiger partial charge in [-0.05, 0) is 47.1 Å². The number of hydrogen-bond acceptors (Lipinski definition) is 1. The maximum atomic E-state index is 12.1. The number of fused-ring (bicyclic) bond motifs is 2. The van der Waals surface area contributed by atoms with E-state index >= 15 is 0 Å². The molecule has 1 heteroatoms. The van der Waals surface area contributed by atoms with Gasteiger partial charge in [0.05, 0.1) is 0 Å². The van der Waals surface area contributed by atoms with Gasteiger partial charge in [-0.15, -0.1) is 0 Å². The van der Waals surface area contributed by atoms with Crippen molar-refractivity contribution in [3.63, 3.8) is 0 Å². The van der Waals surface area contributed by atoms with Crippen LogP contribution >= 0.6 is 0 Å². The lowest BCUT2D eigenvalue weighted by Gasteiger charge is -2.26. The Morgan fingerprint density at radius 3 is 2.45 bits per heavy atom. The maximum Gasteiger partial charge on any atom is 0.138 e. The SMILES string of the molecule is O=C1Cc2cc3c(cc2C(c2ccccc2)C1)CCC3. The molecule has 0 N–H and O–H groups in total. The Hall–Kier alpha value is -1.89. The summed E-state index contributed by atoms with van der Waals surface area (Å²) in [5.41, 5.74) is 6.94. The molecule has 100 valence electrons. The predicted molar refractivity (Wildman–Crippen MR) is 80.1 cm³/mol. The van der Waals surface area contributed by atoms with E-state index in [4.69, 9.17) is 0 Å². The monoisotopic (exact) mass is 262 g/mol. The fourth-order valence-electron chi connectivity index (χ4n) is 3.78. The number of aryl methyl sites for hydroxylation is 2. The summed E-state index contributed by atoms with van der Waals surface area (Å²) >= 11 is 0. The van der Waals surface area contributed by atoms with Crippen LogP contribution < -0.4 is 0 Å². The van der Waals surface area contributed by atoms with E-state index in [0.717, 1.165) is 0 Å². The van der Waals surface area contributed by atoms with E-state index in [2.05, 4.69) is 36.4 Å². The highest BCUT2D eigenvalue weighted by Gasteiger charge is 2.28. The van der Waals surface area contributed by atoms with Gasteiger partial charge in [0.2, 0.25) is 0 Å². The summed E-state index contributed by atoms with van der Waals surface area (Å²) in [7, 11) is 0. The second kappa shape index (κ2) is 4.59. The molecule has 1 unspecified atom stereocenters. The Morgan fingerprint density at radius 2 is 1.65 bits per heavy atom. The highest BCUT2D eigenvalue weighted by Crippen LogP contribution is 2.38. The largest absolute Gasteiger partial charge is 0.299 e. The van der Waals surface area contributed by atoms with Crippen molar-refractivity contribution in [1.82, 2.24) is 0 Å². The third-order valence-electron chi connectivity index (χ3n) is 4.75. The molecule has 0 saturated heterocycles. The minimum absolute atomic E-state index is 0.262. The van der Waals surface area contributed by atoms with Crippen LogP contribution in [0, 0.1) is 0 Å². The topological polar surface area (TPSA) is 17.1 Å². The molecule has 20 heavy (non-hydrogen) atoms. The van der Waals surface area contributed by atoms with Crippen molar-refractivity contribution < 1.29 is 4.79 Å². The van der Waals surface area contributed by atoms with E-state index in [1.165, 1.54) is 47.1 Å². The summed E-state index contributed by atoms with van der Waals surface area (Å²) in [6.07, 6.45) is 4.95. The summed E-state index contributed by atoms with van der Waals surface area (Å²) in [5, 5.41) is 0. The molecule has 0 heterocycles. The van der Waals surface area contributed by atoms with Gasteiger partial charge >= 0.3 is 0 Å². The number of carbonyl (C=O) groups excluding carboxylic acids is 1. The Balaban J connectivity index is 1.86. The number of Topliss-reactive ketones (excluding diaryl/α,β-unsaturated/α-hetero) is 1. The Labute approximate surface area is 119 Å². The van der Waals surface area contributed by atoms with Crippen molar-refractivity contribution in [2.45, 2.75) is 38.0 Å². The van der Waals surface area contributed by atoms with Crippen molar-refractivity contribution in [1.29, 1.82) is 0 Å². The van der Waals surface area contributed by atoms with Gasteiger partial charge in [0.1, 0.15) is 5.78 Å². The van der Waals surface area contributed by atoms with E-state index in [0.29, 0.717) is 18.6 Å². The third kappa shape index (κ3) is 1.89. The van der Waals surface area contributed by atoms with Crippen molar-refractivity contribution in [2.24, 2.45) is 0 Å². The maximum absolute atomic E-state index is 12.1. The van der Waals surface area contributed by atoms with Gasteiger partial charge in [-0.1, -0.05) is 42.5 Å². The molecule has 2 aliphatic rings. The molecule has 0 fully saturated rings. The first-order valence-corrected chi connectivity index (χ1v) is 7.52. The second-order valence-electron chi connectivity index (χ2n) is 6.06. The Bertz CT molecular complexity index is 670. The van der Waals surface area contributed by atoms with Crippen LogP contribution in [0.4, 0.5) is 0 Å². The van der Waals surface area contributed by atoms with Crippen LogP contribution in [0.3, 0.4) is 0 Å². The second-order valence-corrected chi connectivity index (χ2v) is 6.06. The molecule has 0 spiro atoms. The van der Waals surface area contributed by atoms with E-state index in [-0.39, 0.29) is 5.92 Å². The number of ketones is 1. The Morgan fingerprint density at radius 1 is 0.900 bits per heavy atom. The molecule has 2 aromatic carbocycles. The first kappa shape index (κ1) is 11.9. The lowest BCUT2D eigenvalue weighted by molar-refractivity contribution is -0.119. The lowest BCUT2D eigenvalue weighted by Crippen LogP contribution is -2.19. The van der Waals surface area contributed by atoms with E-state index < -0.39 is 0 Å². The minimum atomic E-state index is 0.262. The van der Waals surface area contributed by atoms with Crippen LogP contribution in [-0.2, 0) is 24.1 Å². The van der Waals surface area contributed by atoms with Crippen molar-refractivity contribution in [3.05, 3.63) is 70.3 Å². The summed E-state index contributed by atoms with van der Waals surface area (Å²) < 4.78 is 0. The van der Waals surface area contributed by atoms with Crippen LogP contribution in [0.15, 0.2) is 42.5 Å². The zero-order valence-corrected chi connectivity index (χ0v) is 11.6. The van der Waals surface area contributed by atoms with Gasteiger partial charge in [0.25, 0.3) is 0 Å². The molecule has 4 rings (SSSR count). The van der Waals surface area contributed by atoms with E-state index in [9.17, 15) is 4.79 Å². The summed E-state index contributed by atoms with van der Waals surface area (Å²) in [5.74, 6) is 0.641. The number of benzene rings is 2. The van der Waals surface area contributed by atoms with Crippen molar-refractivity contribution in [3.8, 4) is 0 Å². The molecule has 1 atom stereocenters. The number of rotatable bonds is 1. The van der Waals surface area contributed by atoms with Gasteiger partial charge in [-0.2, -0.15) is 0 Å². The molecule has 0 amide bonds. The van der Waals surface area contributed by atoms with Crippen LogP contribution in [0.25, 0.3) is 0 Å². The number of carbonyl (C=O) groups is 1. The molecular weight excluding hydrogens is 244 g/mol. The van der Waals surface area contributed by atoms with Crippen LogP contribution in [0.1, 0.15) is 46.6 Å². The smallest absolute Gasteiger partial charge is 0.138 e. The third-order valence-corrected chi connectivity index (χ3v) is 4.75. The molecule has 0 aromatic heterocycles. The first-order valence-electron chi connectivity index (χ1n) is 7.52. The highest BCUT2D eigenvalue weighted by atomic mass is 16.1. The fourth-order valence-corrected chi connectivity index (χ4v) is 3.78. The minimum Gasteiger partial charge on any atom is -0.299 e. The van der Waals surface area contributed by atoms with Gasteiger partial charge < -0.3 is 0 Å². The molecule has 0 bridgehead atoms. The summed E-state index contributed by atoms with van der Waals surface area (Å²) in [4.78, 5) is 12.1. The van der Waals surface area contributed by atoms with Gasteiger partial charge in [-0.25, -0.2) is 0 Å². The summed E-state index contributed by atoms with van der Waals surface area (Å²) in [6.45, 7) is 0. The number of hydrogen-bond donors (Lipinski definition) is 0. The van der Waals surface area contributed by atoms with Crippen molar-refractivity contribution >= 4 is 5.78 Å². The van der Waals surface area contributed by atoms with Crippen LogP contribution in [-0.4, -0.2) is 5.78 Å². The van der Waals surface area contributed by atoms with Gasteiger partial charge in [0.15, 0.2) is 0 Å². The zero-order chi connectivity index (χ0) is 13.5. The lowest BCUT2D eigenvalue weighted by atomic mass is 9.77. The molecule has 2 aromatic rings. The first-order chi connectivity index (χ1) is 9.81. The average Bonchev–Trinajstić information content (AvgIpc) is 2.92. The highest BCUT2D eigenvalue weighted by molar-refractivity contribution is 5.85. The van der Waals surface area contributed by atoms with E-state index in [1.807, 2.05) is 6.07 Å². The van der Waals surface area contributed by atoms with Crippen LogP contribution in [0.5, 0.6) is 0 Å². The Kier molecular flexibility index (Phi) is 2.73. The molecule has 0 aliphatic heterocycles. The normalized spacial score (nSPS) is 20.6. The molecule has 0 radical (unpaired) electrons. The molecule has 0 saturated carbocycles. The average molecular weight is 262 g/mol. The molecular formula is C19H18O. The van der Waals surface area contributed by atoms with Gasteiger partial charge in [0, 0.05) is 18.8 Å². The predicted octanol–water partition coefficient (Wildman–Crippen LogP) is 3.82.